The van der Waals surface area contributed by atoms with Crippen LogP contribution in [0.15, 0.2) is 109 Å². The Labute approximate surface area is 250 Å². The summed E-state index contributed by atoms with van der Waals surface area (Å²) in [6.45, 7) is 0.850. The Kier molecular flexibility index (Phi) is 9.05. The Morgan fingerprint density at radius 3 is 1.93 bits per heavy atom. The van der Waals surface area contributed by atoms with Gasteiger partial charge in [0.2, 0.25) is 0 Å². The first-order chi connectivity index (χ1) is 20.7. The molecule has 0 bridgehead atoms. The van der Waals surface area contributed by atoms with E-state index in [1.54, 1.807) is 0 Å². The molecule has 0 fully saturated rings. The molecule has 0 saturated carbocycles. The number of anilines is 2. The fourth-order valence-electron chi connectivity index (χ4n) is 4.63. The van der Waals surface area contributed by atoms with E-state index in [0.29, 0.717) is 31.0 Å². The molecule has 0 heterocycles. The Bertz CT molecular complexity index is 1860. The second-order valence-electron chi connectivity index (χ2n) is 9.87. The molecule has 0 spiro atoms. The third-order valence-electron chi connectivity index (χ3n) is 6.49. The van der Waals surface area contributed by atoms with Crippen LogP contribution in [0.2, 0.25) is 0 Å². The first-order valence-electron chi connectivity index (χ1n) is 13.5. The van der Waals surface area contributed by atoms with Crippen molar-refractivity contribution in [2.45, 2.75) is 13.2 Å². The molecule has 5 aromatic rings. The van der Waals surface area contributed by atoms with Gasteiger partial charge in [0, 0.05) is 22.8 Å². The molecule has 9 heteroatoms. The number of benzene rings is 5. The van der Waals surface area contributed by atoms with Crippen LogP contribution < -0.4 is 20.1 Å². The molecule has 0 aromatic heterocycles. The van der Waals surface area contributed by atoms with Crippen LogP contribution in [-0.4, -0.2) is 25.2 Å². The van der Waals surface area contributed by atoms with Gasteiger partial charge in [-0.3, -0.25) is 9.96 Å². The number of hydrogen-bond acceptors (Lipinski definition) is 5. The predicted molar refractivity (Wildman–Crippen MR) is 173 cm³/mol. The van der Waals surface area contributed by atoms with Crippen LogP contribution in [0.4, 0.5) is 11.4 Å². The molecule has 0 aliphatic heterocycles. The van der Waals surface area contributed by atoms with E-state index in [-0.39, 0.29) is 5.96 Å². The molecule has 1 aliphatic rings. The van der Waals surface area contributed by atoms with Crippen molar-refractivity contribution in [3.8, 4) is 11.5 Å². The molecule has 0 atom stereocenters. The van der Waals surface area contributed by atoms with Crippen LogP contribution in [0.5, 0.6) is 11.5 Å². The molecular formula is C34H31N3O5S. The Balaban J connectivity index is 0.000000682. The Morgan fingerprint density at radius 2 is 1.30 bits per heavy atom. The number of rotatable bonds is 8. The molecule has 0 radical (unpaired) electrons. The molecule has 6 rings (SSSR count). The molecule has 218 valence electrons. The number of ether oxygens (including phenoxy) is 2. The lowest BCUT2D eigenvalue weighted by Crippen LogP contribution is -2.20. The topological polar surface area (TPSA) is 121 Å². The smallest absolute Gasteiger partial charge is 0.261 e. The zero-order valence-electron chi connectivity index (χ0n) is 23.4. The molecule has 4 N–H and O–H groups in total. The average molecular weight is 594 g/mol. The molecule has 5 aromatic carbocycles. The second kappa shape index (κ2) is 13.2. The van der Waals surface area contributed by atoms with Crippen LogP contribution in [0.1, 0.15) is 22.3 Å². The highest BCUT2D eigenvalue weighted by Crippen LogP contribution is 2.36. The van der Waals surface area contributed by atoms with Crippen molar-refractivity contribution in [1.82, 2.24) is 0 Å². The second-order valence-corrected chi connectivity index (χ2v) is 11.3. The molecule has 0 amide bonds. The lowest BCUT2D eigenvalue weighted by molar-refractivity contribution is 0.256. The third-order valence-corrected chi connectivity index (χ3v) is 6.49. The van der Waals surface area contributed by atoms with Crippen LogP contribution in [-0.2, 0) is 23.3 Å². The first kappa shape index (κ1) is 29.4. The van der Waals surface area contributed by atoms with Crippen molar-refractivity contribution in [1.29, 1.82) is 5.41 Å². The molecule has 8 nitrogen and oxygen atoms in total. The summed E-state index contributed by atoms with van der Waals surface area (Å²) in [6, 6.07) is 36.1. The van der Waals surface area contributed by atoms with Crippen LogP contribution >= 0.6 is 0 Å². The quantitative estimate of drug-likeness (QED) is 0.0822. The van der Waals surface area contributed by atoms with Gasteiger partial charge >= 0.3 is 0 Å². The number of hydrogen-bond donors (Lipinski definition) is 4. The zero-order chi connectivity index (χ0) is 30.2. The summed E-state index contributed by atoms with van der Waals surface area (Å²) >= 11 is 0. The summed E-state index contributed by atoms with van der Waals surface area (Å²) in [4.78, 5) is 0. The zero-order valence-corrected chi connectivity index (χ0v) is 24.3. The van der Waals surface area contributed by atoms with Crippen LogP contribution in [0.3, 0.4) is 0 Å². The molecule has 43 heavy (non-hydrogen) atoms. The molecule has 0 saturated heterocycles. The van der Waals surface area contributed by atoms with E-state index in [4.69, 9.17) is 19.4 Å². The summed E-state index contributed by atoms with van der Waals surface area (Å²) in [5.41, 5.74) is 6.16. The number of nitrogens with one attached hydrogen (secondary N) is 3. The summed E-state index contributed by atoms with van der Waals surface area (Å²) < 4.78 is 38.2. The van der Waals surface area contributed by atoms with Crippen molar-refractivity contribution >= 4 is 50.4 Å². The van der Waals surface area contributed by atoms with Crippen molar-refractivity contribution in [2.24, 2.45) is 0 Å². The van der Waals surface area contributed by atoms with Crippen molar-refractivity contribution < 1.29 is 22.4 Å². The lowest BCUT2D eigenvalue weighted by atomic mass is 10.0. The third kappa shape index (κ3) is 8.22. The van der Waals surface area contributed by atoms with Gasteiger partial charge in [-0.25, -0.2) is 0 Å². The van der Waals surface area contributed by atoms with Crippen molar-refractivity contribution in [2.75, 3.05) is 16.9 Å². The van der Waals surface area contributed by atoms with Gasteiger partial charge in [0.05, 0.1) is 6.26 Å². The van der Waals surface area contributed by atoms with Gasteiger partial charge in [0.25, 0.3) is 10.1 Å². The SMILES string of the molecule is CS(=O)(=O)O.N=C(Nc1ccc(OCc2ccccc2)c(OCc2ccccc2)c1)Nc1ccc2c3c(cccc13)C=C2. The maximum absolute atomic E-state index is 9.19. The highest BCUT2D eigenvalue weighted by molar-refractivity contribution is 7.85. The predicted octanol–water partition coefficient (Wildman–Crippen LogP) is 7.44. The van der Waals surface area contributed by atoms with Gasteiger partial charge in [-0.15, -0.1) is 0 Å². The van der Waals surface area contributed by atoms with E-state index >= 15 is 0 Å². The first-order valence-corrected chi connectivity index (χ1v) is 15.3. The molecule has 1 aliphatic carbocycles. The van der Waals surface area contributed by atoms with Crippen molar-refractivity contribution in [3.63, 3.8) is 0 Å². The van der Waals surface area contributed by atoms with E-state index in [0.717, 1.165) is 27.9 Å². The van der Waals surface area contributed by atoms with E-state index < -0.39 is 10.1 Å². The van der Waals surface area contributed by atoms with Gasteiger partial charge < -0.3 is 20.1 Å². The molecular weight excluding hydrogens is 562 g/mol. The summed E-state index contributed by atoms with van der Waals surface area (Å²) in [6.07, 6.45) is 4.97. The normalized spacial score (nSPS) is 11.4. The number of guanidine groups is 1. The fraction of sp³-hybridized carbons (Fsp3) is 0.0882. The maximum atomic E-state index is 9.19. The summed E-state index contributed by atoms with van der Waals surface area (Å²) in [5, 5.41) is 17.3. The monoisotopic (exact) mass is 593 g/mol. The van der Waals surface area contributed by atoms with Gasteiger partial charge in [-0.1, -0.05) is 97.1 Å². The maximum Gasteiger partial charge on any atom is 0.261 e. The highest BCUT2D eigenvalue weighted by Gasteiger charge is 2.13. The van der Waals surface area contributed by atoms with E-state index in [2.05, 4.69) is 41.0 Å². The Morgan fingerprint density at radius 1 is 0.721 bits per heavy atom. The lowest BCUT2D eigenvalue weighted by Gasteiger charge is -2.17. The van der Waals surface area contributed by atoms with E-state index in [1.807, 2.05) is 91.0 Å². The Hall–Kier alpha value is -5.12. The summed E-state index contributed by atoms with van der Waals surface area (Å²) in [5.74, 6) is 1.43. The van der Waals surface area contributed by atoms with Gasteiger partial charge in [-0.2, -0.15) is 8.42 Å². The minimum atomic E-state index is -3.67. The van der Waals surface area contributed by atoms with E-state index in [9.17, 15) is 8.42 Å². The minimum Gasteiger partial charge on any atom is -0.485 e. The standard InChI is InChI=1S/C33H27N3O2.CH4O3S/c34-33(36-29-18-16-26-15-14-25-12-7-13-28(29)32(25)26)35-27-17-19-30(37-21-23-8-3-1-4-9-23)31(20-27)38-22-24-10-5-2-6-11-24;1-5(2,3)4/h1-20H,21-22H2,(H3,34,35,36);1H3,(H,2,3,4). The van der Waals surface area contributed by atoms with Gasteiger partial charge in [-0.05, 0) is 45.8 Å². The van der Waals surface area contributed by atoms with Gasteiger partial charge in [0.15, 0.2) is 17.5 Å². The minimum absolute atomic E-state index is 0.170. The summed E-state index contributed by atoms with van der Waals surface area (Å²) in [7, 11) is -3.67. The molecule has 0 unspecified atom stereocenters. The van der Waals surface area contributed by atoms with E-state index in [1.165, 1.54) is 16.5 Å². The largest absolute Gasteiger partial charge is 0.485 e. The van der Waals surface area contributed by atoms with Crippen LogP contribution in [0, 0.1) is 5.41 Å². The van der Waals surface area contributed by atoms with Gasteiger partial charge in [0.1, 0.15) is 13.2 Å². The highest BCUT2D eigenvalue weighted by atomic mass is 32.2. The average Bonchev–Trinajstić information content (AvgIpc) is 3.42. The van der Waals surface area contributed by atoms with Crippen molar-refractivity contribution in [3.05, 3.63) is 131 Å². The van der Waals surface area contributed by atoms with Crippen LogP contribution in [0.25, 0.3) is 22.9 Å². The fourth-order valence-corrected chi connectivity index (χ4v) is 4.63.